The van der Waals surface area contributed by atoms with Crippen molar-refractivity contribution in [3.05, 3.63) is 57.6 Å². The molecule has 0 aromatic heterocycles. The van der Waals surface area contributed by atoms with E-state index < -0.39 is 0 Å². The van der Waals surface area contributed by atoms with Crippen molar-refractivity contribution in [2.45, 2.75) is 41.5 Å². The maximum absolute atomic E-state index is 4.49. The molecule has 108 valence electrons. The lowest BCUT2D eigenvalue weighted by atomic mass is 9.93. The summed E-state index contributed by atoms with van der Waals surface area (Å²) in [6.07, 6.45) is 0. The van der Waals surface area contributed by atoms with Gasteiger partial charge < -0.3 is 0 Å². The monoisotopic (exact) mass is 278 g/mol. The van der Waals surface area contributed by atoms with Crippen molar-refractivity contribution in [2.24, 2.45) is 9.98 Å². The van der Waals surface area contributed by atoms with Crippen molar-refractivity contribution in [3.8, 4) is 0 Å². The van der Waals surface area contributed by atoms with Crippen molar-refractivity contribution in [2.75, 3.05) is 0 Å². The van der Waals surface area contributed by atoms with Gasteiger partial charge in [0.1, 0.15) is 6.01 Å². The highest BCUT2D eigenvalue weighted by atomic mass is 14.8. The topological polar surface area (TPSA) is 24.7 Å². The summed E-state index contributed by atoms with van der Waals surface area (Å²) in [7, 11) is 0. The summed E-state index contributed by atoms with van der Waals surface area (Å²) >= 11 is 0. The fraction of sp³-hybridized carbons (Fsp3) is 0.316. The molecule has 2 aromatic carbocycles. The molecule has 0 unspecified atom stereocenters. The highest BCUT2D eigenvalue weighted by Gasteiger charge is 2.10. The second-order valence-electron chi connectivity index (χ2n) is 5.58. The lowest BCUT2D eigenvalue weighted by Crippen LogP contribution is -1.95. The first kappa shape index (κ1) is 15.2. The number of aliphatic imine (C=N–C) groups is 2. The fourth-order valence-electron chi connectivity index (χ4n) is 2.47. The largest absolute Gasteiger partial charge is 0.187 e. The Kier molecular flexibility index (Phi) is 4.40. The van der Waals surface area contributed by atoms with E-state index in [-0.39, 0.29) is 0 Å². The number of benzene rings is 2. The van der Waals surface area contributed by atoms with Gasteiger partial charge in [0.25, 0.3) is 0 Å². The second kappa shape index (κ2) is 6.07. The SMILES string of the molecule is Cc1ccccc1N=C=Nc1c(C)c(C)c(C)c(C)c1C. The fourth-order valence-corrected chi connectivity index (χ4v) is 2.47. The van der Waals surface area contributed by atoms with Crippen molar-refractivity contribution in [3.63, 3.8) is 0 Å². The molecule has 0 aliphatic rings. The highest BCUT2D eigenvalue weighted by molar-refractivity contribution is 5.67. The molecule has 0 aliphatic carbocycles. The van der Waals surface area contributed by atoms with Crippen LogP contribution in [0, 0.1) is 41.5 Å². The van der Waals surface area contributed by atoms with Crippen LogP contribution in [-0.2, 0) is 0 Å². The maximum Gasteiger partial charge on any atom is 0.101 e. The van der Waals surface area contributed by atoms with E-state index in [1.165, 1.54) is 27.8 Å². The molecule has 2 heteroatoms. The molecule has 0 fully saturated rings. The van der Waals surface area contributed by atoms with Crippen LogP contribution in [0.15, 0.2) is 34.3 Å². The quantitative estimate of drug-likeness (QED) is 0.632. The van der Waals surface area contributed by atoms with Crippen molar-refractivity contribution < 1.29 is 0 Å². The minimum absolute atomic E-state index is 0.914. The minimum Gasteiger partial charge on any atom is -0.187 e. The smallest absolute Gasteiger partial charge is 0.101 e. The van der Waals surface area contributed by atoms with E-state index in [1.807, 2.05) is 31.2 Å². The Morgan fingerprint density at radius 2 is 1.19 bits per heavy atom. The molecule has 0 bridgehead atoms. The molecule has 0 atom stereocenters. The van der Waals surface area contributed by atoms with E-state index in [1.54, 1.807) is 0 Å². The predicted octanol–water partition coefficient (Wildman–Crippen LogP) is 5.67. The molecule has 0 aliphatic heterocycles. The molecule has 21 heavy (non-hydrogen) atoms. The second-order valence-corrected chi connectivity index (χ2v) is 5.58. The molecule has 0 N–H and O–H groups in total. The first-order valence-corrected chi connectivity index (χ1v) is 7.22. The highest BCUT2D eigenvalue weighted by Crippen LogP contribution is 2.32. The van der Waals surface area contributed by atoms with E-state index in [4.69, 9.17) is 0 Å². The summed E-state index contributed by atoms with van der Waals surface area (Å²) in [4.78, 5) is 8.84. The van der Waals surface area contributed by atoms with Gasteiger partial charge >= 0.3 is 0 Å². The molecule has 0 saturated heterocycles. The molecule has 0 spiro atoms. The Morgan fingerprint density at radius 3 is 1.76 bits per heavy atom. The van der Waals surface area contributed by atoms with Gasteiger partial charge in [-0.2, -0.15) is 9.98 Å². The number of hydrogen-bond donors (Lipinski definition) is 0. The molecule has 2 nitrogen and oxygen atoms in total. The number of aryl methyl sites for hydroxylation is 1. The van der Waals surface area contributed by atoms with Gasteiger partial charge in [0.15, 0.2) is 0 Å². The normalized spacial score (nSPS) is 10.2. The van der Waals surface area contributed by atoms with Crippen LogP contribution in [0.25, 0.3) is 0 Å². The van der Waals surface area contributed by atoms with Crippen LogP contribution in [0.5, 0.6) is 0 Å². The standard InChI is InChI=1S/C19H22N2/c1-12-9-7-8-10-18(12)20-11-21-19-16(5)14(3)13(2)15(4)17(19)6/h7-10H,1-6H3. The van der Waals surface area contributed by atoms with Gasteiger partial charge in [-0.3, -0.25) is 0 Å². The molecule has 0 saturated carbocycles. The zero-order valence-electron chi connectivity index (χ0n) is 13.7. The van der Waals surface area contributed by atoms with Gasteiger partial charge in [-0.25, -0.2) is 0 Å². The molecule has 0 amide bonds. The van der Waals surface area contributed by atoms with E-state index in [9.17, 15) is 0 Å². The molecule has 2 aromatic rings. The van der Waals surface area contributed by atoms with Gasteiger partial charge in [0.2, 0.25) is 0 Å². The van der Waals surface area contributed by atoms with E-state index in [2.05, 4.69) is 50.6 Å². The summed E-state index contributed by atoms with van der Waals surface area (Å²) in [5, 5.41) is 0. The number of hydrogen-bond acceptors (Lipinski definition) is 2. The average molecular weight is 278 g/mol. The maximum atomic E-state index is 4.49. The van der Waals surface area contributed by atoms with E-state index in [0.29, 0.717) is 0 Å². The zero-order chi connectivity index (χ0) is 15.6. The third-order valence-corrected chi connectivity index (χ3v) is 4.41. The summed E-state index contributed by atoms with van der Waals surface area (Å²) < 4.78 is 0. The van der Waals surface area contributed by atoms with Gasteiger partial charge in [0, 0.05) is 0 Å². The average Bonchev–Trinajstić information content (AvgIpc) is 2.48. The van der Waals surface area contributed by atoms with Crippen LogP contribution in [-0.4, -0.2) is 6.01 Å². The molecule has 0 radical (unpaired) electrons. The summed E-state index contributed by atoms with van der Waals surface area (Å²) in [6, 6.07) is 10.9. The van der Waals surface area contributed by atoms with Crippen LogP contribution >= 0.6 is 0 Å². The molecular formula is C19H22N2. The molecule has 2 rings (SSSR count). The first-order valence-electron chi connectivity index (χ1n) is 7.22. The van der Waals surface area contributed by atoms with Crippen molar-refractivity contribution in [1.29, 1.82) is 0 Å². The van der Waals surface area contributed by atoms with Gasteiger partial charge in [-0.1, -0.05) is 18.2 Å². The van der Waals surface area contributed by atoms with Crippen LogP contribution in [0.4, 0.5) is 11.4 Å². The Bertz CT molecular complexity index is 719. The van der Waals surface area contributed by atoms with Crippen LogP contribution in [0.1, 0.15) is 33.4 Å². The van der Waals surface area contributed by atoms with Crippen LogP contribution in [0.3, 0.4) is 0 Å². The van der Waals surface area contributed by atoms with Crippen molar-refractivity contribution >= 4 is 17.4 Å². The summed E-state index contributed by atoms with van der Waals surface area (Å²) in [5.74, 6) is 0. The minimum atomic E-state index is 0.914. The third kappa shape index (κ3) is 2.96. The zero-order valence-corrected chi connectivity index (χ0v) is 13.7. The lowest BCUT2D eigenvalue weighted by molar-refractivity contribution is 1.16. The van der Waals surface area contributed by atoms with Gasteiger partial charge in [-0.05, 0) is 81.0 Å². The number of rotatable bonds is 2. The molecular weight excluding hydrogens is 256 g/mol. The summed E-state index contributed by atoms with van der Waals surface area (Å²) in [5.41, 5.74) is 9.41. The van der Waals surface area contributed by atoms with Crippen LogP contribution in [0.2, 0.25) is 0 Å². The van der Waals surface area contributed by atoms with Gasteiger partial charge in [-0.15, -0.1) is 0 Å². The van der Waals surface area contributed by atoms with E-state index in [0.717, 1.165) is 16.9 Å². The third-order valence-electron chi connectivity index (χ3n) is 4.41. The van der Waals surface area contributed by atoms with Crippen LogP contribution < -0.4 is 0 Å². The lowest BCUT2D eigenvalue weighted by Gasteiger charge is -2.14. The number of nitrogens with zero attached hydrogens (tertiary/aromatic N) is 2. The van der Waals surface area contributed by atoms with E-state index >= 15 is 0 Å². The Balaban J connectivity index is 2.50. The predicted molar refractivity (Wildman–Crippen MR) is 90.5 cm³/mol. The Morgan fingerprint density at radius 1 is 0.667 bits per heavy atom. The van der Waals surface area contributed by atoms with Crippen molar-refractivity contribution in [1.82, 2.24) is 0 Å². The Hall–Kier alpha value is -2.18. The molecule has 0 heterocycles. The first-order chi connectivity index (χ1) is 9.93. The summed E-state index contributed by atoms with van der Waals surface area (Å²) in [6.45, 7) is 12.7. The number of para-hydroxylation sites is 1. The Labute approximate surface area is 127 Å². The van der Waals surface area contributed by atoms with Gasteiger partial charge in [0.05, 0.1) is 11.4 Å².